The summed E-state index contributed by atoms with van der Waals surface area (Å²) in [6, 6.07) is 0. The Morgan fingerprint density at radius 2 is 2.20 bits per heavy atom. The van der Waals surface area contributed by atoms with Crippen LogP contribution in [0.15, 0.2) is 12.4 Å². The van der Waals surface area contributed by atoms with Gasteiger partial charge in [-0.2, -0.15) is 0 Å². The highest BCUT2D eigenvalue weighted by Crippen LogP contribution is 2.22. The maximum Gasteiger partial charge on any atom is 0.175 e. The molecule has 1 aliphatic carbocycles. The molecule has 5 heteroatoms. The fraction of sp³-hybridized carbons (Fsp3) is 0.300. The predicted molar refractivity (Wildman–Crippen MR) is 59.0 cm³/mol. The van der Waals surface area contributed by atoms with Gasteiger partial charge in [0.15, 0.2) is 11.6 Å². The second-order valence-electron chi connectivity index (χ2n) is 3.64. The normalized spacial score (nSPS) is 14.1. The van der Waals surface area contributed by atoms with Gasteiger partial charge in [0.2, 0.25) is 0 Å². The van der Waals surface area contributed by atoms with Crippen LogP contribution in [-0.2, 0) is 12.8 Å². The number of hydrogen-bond donors (Lipinski definition) is 2. The number of nitrogens with one attached hydrogen (secondary N) is 2. The SMILES string of the molecule is S=c1nc(-c2ncc[nH]2)[nH]c2c1CCC2. The number of aromatic amines is 2. The van der Waals surface area contributed by atoms with Crippen LogP contribution < -0.4 is 0 Å². The number of rotatable bonds is 1. The zero-order chi connectivity index (χ0) is 10.3. The van der Waals surface area contributed by atoms with Crippen LogP contribution in [0.3, 0.4) is 0 Å². The van der Waals surface area contributed by atoms with Gasteiger partial charge in [0.1, 0.15) is 4.64 Å². The maximum atomic E-state index is 5.27. The zero-order valence-corrected chi connectivity index (χ0v) is 8.90. The van der Waals surface area contributed by atoms with Crippen LogP contribution in [0.25, 0.3) is 11.6 Å². The lowest BCUT2D eigenvalue weighted by molar-refractivity contribution is 0.899. The monoisotopic (exact) mass is 218 g/mol. The third-order valence-electron chi connectivity index (χ3n) is 2.68. The number of nitrogens with zero attached hydrogens (tertiary/aromatic N) is 2. The Balaban J connectivity index is 2.20. The molecule has 4 nitrogen and oxygen atoms in total. The minimum atomic E-state index is 0.715. The average molecular weight is 218 g/mol. The van der Waals surface area contributed by atoms with Gasteiger partial charge in [-0.05, 0) is 19.3 Å². The minimum absolute atomic E-state index is 0.715. The summed E-state index contributed by atoms with van der Waals surface area (Å²) in [6.07, 6.45) is 6.77. The molecule has 0 saturated heterocycles. The third-order valence-corrected chi connectivity index (χ3v) is 3.02. The summed E-state index contributed by atoms with van der Waals surface area (Å²) in [5.41, 5.74) is 2.43. The molecule has 0 spiro atoms. The molecule has 3 rings (SSSR count). The topological polar surface area (TPSA) is 57.4 Å². The van der Waals surface area contributed by atoms with Crippen LogP contribution in [0.2, 0.25) is 0 Å². The summed E-state index contributed by atoms with van der Waals surface area (Å²) in [7, 11) is 0. The molecule has 0 unspecified atom stereocenters. The first-order valence-corrected chi connectivity index (χ1v) is 5.37. The largest absolute Gasteiger partial charge is 0.342 e. The minimum Gasteiger partial charge on any atom is -0.342 e. The molecule has 2 N–H and O–H groups in total. The number of aryl methyl sites for hydroxylation is 1. The summed E-state index contributed by atoms with van der Waals surface area (Å²) in [5.74, 6) is 1.49. The van der Waals surface area contributed by atoms with Gasteiger partial charge in [-0.25, -0.2) is 9.97 Å². The van der Waals surface area contributed by atoms with E-state index < -0.39 is 0 Å². The van der Waals surface area contributed by atoms with Crippen molar-refractivity contribution in [2.75, 3.05) is 0 Å². The zero-order valence-electron chi connectivity index (χ0n) is 8.08. The molecule has 0 aromatic carbocycles. The van der Waals surface area contributed by atoms with E-state index in [4.69, 9.17) is 12.2 Å². The Morgan fingerprint density at radius 3 is 3.00 bits per heavy atom. The average Bonchev–Trinajstić information content (AvgIpc) is 2.88. The van der Waals surface area contributed by atoms with E-state index in [-0.39, 0.29) is 0 Å². The van der Waals surface area contributed by atoms with Crippen molar-refractivity contribution in [1.82, 2.24) is 19.9 Å². The summed E-state index contributed by atoms with van der Waals surface area (Å²) < 4.78 is 0.715. The van der Waals surface area contributed by atoms with E-state index in [2.05, 4.69) is 19.9 Å². The van der Waals surface area contributed by atoms with E-state index in [0.29, 0.717) is 4.64 Å². The summed E-state index contributed by atoms with van der Waals surface area (Å²) in [4.78, 5) is 14.8. The van der Waals surface area contributed by atoms with Crippen molar-refractivity contribution in [3.8, 4) is 11.6 Å². The van der Waals surface area contributed by atoms with Crippen molar-refractivity contribution in [3.63, 3.8) is 0 Å². The summed E-state index contributed by atoms with van der Waals surface area (Å²) in [6.45, 7) is 0. The van der Waals surface area contributed by atoms with E-state index in [9.17, 15) is 0 Å². The lowest BCUT2D eigenvalue weighted by atomic mass is 10.3. The van der Waals surface area contributed by atoms with Crippen LogP contribution in [0.5, 0.6) is 0 Å². The highest BCUT2D eigenvalue weighted by atomic mass is 32.1. The van der Waals surface area contributed by atoms with Crippen molar-refractivity contribution < 1.29 is 0 Å². The van der Waals surface area contributed by atoms with E-state index in [1.165, 1.54) is 17.7 Å². The molecule has 0 bridgehead atoms. The Bertz CT molecular complexity index is 541. The molecular weight excluding hydrogens is 208 g/mol. The number of hydrogen-bond acceptors (Lipinski definition) is 3. The molecule has 0 atom stereocenters. The molecule has 2 heterocycles. The molecule has 0 amide bonds. The molecule has 2 aromatic rings. The molecule has 76 valence electrons. The lowest BCUT2D eigenvalue weighted by Crippen LogP contribution is -1.98. The van der Waals surface area contributed by atoms with Gasteiger partial charge in [0.25, 0.3) is 0 Å². The van der Waals surface area contributed by atoms with Crippen LogP contribution in [0.1, 0.15) is 17.7 Å². The number of fused-ring (bicyclic) bond motifs is 1. The Kier molecular flexibility index (Phi) is 1.92. The molecule has 0 aliphatic heterocycles. The second kappa shape index (κ2) is 3.27. The smallest absolute Gasteiger partial charge is 0.175 e. The Hall–Kier alpha value is -1.49. The maximum absolute atomic E-state index is 5.27. The van der Waals surface area contributed by atoms with Gasteiger partial charge < -0.3 is 9.97 Å². The Morgan fingerprint density at radius 1 is 1.27 bits per heavy atom. The first kappa shape index (κ1) is 8.79. The van der Waals surface area contributed by atoms with Gasteiger partial charge in [-0.15, -0.1) is 0 Å². The quantitative estimate of drug-likeness (QED) is 0.720. The molecular formula is C10H10N4S. The number of H-pyrrole nitrogens is 2. The van der Waals surface area contributed by atoms with Gasteiger partial charge in [0, 0.05) is 23.7 Å². The lowest BCUT2D eigenvalue weighted by Gasteiger charge is -2.02. The van der Waals surface area contributed by atoms with E-state index in [1.54, 1.807) is 12.4 Å². The first-order valence-electron chi connectivity index (χ1n) is 4.96. The van der Waals surface area contributed by atoms with Crippen molar-refractivity contribution in [2.24, 2.45) is 0 Å². The predicted octanol–water partition coefficient (Wildman–Crippen LogP) is 2.02. The molecule has 1 aliphatic rings. The van der Waals surface area contributed by atoms with E-state index >= 15 is 0 Å². The fourth-order valence-electron chi connectivity index (χ4n) is 1.96. The van der Waals surface area contributed by atoms with Crippen LogP contribution in [-0.4, -0.2) is 19.9 Å². The number of aromatic nitrogens is 4. The molecule has 0 radical (unpaired) electrons. The van der Waals surface area contributed by atoms with E-state index in [1.807, 2.05) is 0 Å². The van der Waals surface area contributed by atoms with Gasteiger partial charge in [-0.1, -0.05) is 12.2 Å². The first-order chi connectivity index (χ1) is 7.34. The van der Waals surface area contributed by atoms with Gasteiger partial charge in [0.05, 0.1) is 0 Å². The fourth-order valence-corrected chi connectivity index (χ4v) is 2.28. The second-order valence-corrected chi connectivity index (χ2v) is 4.03. The molecule has 0 saturated carbocycles. The van der Waals surface area contributed by atoms with Gasteiger partial charge >= 0.3 is 0 Å². The molecule has 0 fully saturated rings. The van der Waals surface area contributed by atoms with Gasteiger partial charge in [-0.3, -0.25) is 0 Å². The molecule has 2 aromatic heterocycles. The van der Waals surface area contributed by atoms with Crippen molar-refractivity contribution in [3.05, 3.63) is 28.3 Å². The van der Waals surface area contributed by atoms with Crippen LogP contribution in [0.4, 0.5) is 0 Å². The van der Waals surface area contributed by atoms with Crippen molar-refractivity contribution in [2.45, 2.75) is 19.3 Å². The highest BCUT2D eigenvalue weighted by Gasteiger charge is 2.15. The van der Waals surface area contributed by atoms with Crippen molar-refractivity contribution >= 4 is 12.2 Å². The Labute approximate surface area is 91.8 Å². The highest BCUT2D eigenvalue weighted by molar-refractivity contribution is 7.71. The summed E-state index contributed by atoms with van der Waals surface area (Å²) in [5, 5.41) is 0. The molecule has 15 heavy (non-hydrogen) atoms. The third kappa shape index (κ3) is 1.39. The standard InChI is InChI=1S/C10H10N4S/c15-10-6-2-1-3-7(6)13-9(14-10)8-11-4-5-12-8/h4-5H,1-3H2,(H,11,12)(H,13,14,15). The number of imidazole rings is 1. The van der Waals surface area contributed by atoms with Crippen LogP contribution in [0, 0.1) is 4.64 Å². The van der Waals surface area contributed by atoms with Crippen molar-refractivity contribution in [1.29, 1.82) is 0 Å². The summed E-state index contributed by atoms with van der Waals surface area (Å²) >= 11 is 5.27. The van der Waals surface area contributed by atoms with Crippen LogP contribution >= 0.6 is 12.2 Å². The van der Waals surface area contributed by atoms with E-state index in [0.717, 1.165) is 24.5 Å².